The number of pyridine rings is 1. The lowest BCUT2D eigenvalue weighted by molar-refractivity contribution is 0.227. The van der Waals surface area contributed by atoms with Crippen LogP contribution in [0, 0.1) is 5.92 Å². The van der Waals surface area contributed by atoms with E-state index in [1.807, 2.05) is 6.92 Å². The van der Waals surface area contributed by atoms with Crippen molar-refractivity contribution in [3.63, 3.8) is 0 Å². The molecule has 5 nitrogen and oxygen atoms in total. The highest BCUT2D eigenvalue weighted by atomic mass is 35.5. The maximum Gasteiger partial charge on any atom is 0.319 e. The lowest BCUT2D eigenvalue weighted by Gasteiger charge is -2.11. The Labute approximate surface area is 98.8 Å². The molecule has 3 N–H and O–H groups in total. The zero-order valence-electron chi connectivity index (χ0n) is 8.90. The zero-order valence-corrected chi connectivity index (χ0v) is 9.66. The smallest absolute Gasteiger partial charge is 0.319 e. The van der Waals surface area contributed by atoms with E-state index in [4.69, 9.17) is 16.7 Å². The minimum atomic E-state index is -0.366. The Morgan fingerprint density at radius 3 is 3.06 bits per heavy atom. The molecular formula is C10H14ClN3O2. The van der Waals surface area contributed by atoms with Gasteiger partial charge in [-0.05, 0) is 18.1 Å². The number of hydrogen-bond acceptors (Lipinski definition) is 3. The van der Waals surface area contributed by atoms with Crippen LogP contribution in [0.25, 0.3) is 0 Å². The van der Waals surface area contributed by atoms with Crippen molar-refractivity contribution in [2.45, 2.75) is 6.92 Å². The van der Waals surface area contributed by atoms with Gasteiger partial charge in [-0.1, -0.05) is 18.5 Å². The van der Waals surface area contributed by atoms with Crippen LogP contribution >= 0.6 is 11.6 Å². The highest BCUT2D eigenvalue weighted by Crippen LogP contribution is 2.16. The summed E-state index contributed by atoms with van der Waals surface area (Å²) in [6.07, 6.45) is 1.54. The number of nitrogens with zero attached hydrogens (tertiary/aromatic N) is 1. The maximum atomic E-state index is 11.4. The molecule has 1 heterocycles. The lowest BCUT2D eigenvalue weighted by atomic mass is 10.2. The highest BCUT2D eigenvalue weighted by Gasteiger charge is 2.06. The number of aromatic nitrogens is 1. The van der Waals surface area contributed by atoms with E-state index < -0.39 is 0 Å². The molecule has 0 bridgehead atoms. The highest BCUT2D eigenvalue weighted by molar-refractivity contribution is 6.32. The summed E-state index contributed by atoms with van der Waals surface area (Å²) in [5.74, 6) is 0.0233. The molecule has 6 heteroatoms. The quantitative estimate of drug-likeness (QED) is 0.702. The van der Waals surface area contributed by atoms with Gasteiger partial charge < -0.3 is 15.7 Å². The minimum Gasteiger partial charge on any atom is -0.396 e. The van der Waals surface area contributed by atoms with E-state index in [9.17, 15) is 4.79 Å². The topological polar surface area (TPSA) is 74.2 Å². The van der Waals surface area contributed by atoms with Crippen LogP contribution < -0.4 is 10.6 Å². The van der Waals surface area contributed by atoms with Gasteiger partial charge in [0.25, 0.3) is 0 Å². The fraction of sp³-hybridized carbons (Fsp3) is 0.400. The van der Waals surface area contributed by atoms with Crippen molar-refractivity contribution in [2.75, 3.05) is 18.5 Å². The van der Waals surface area contributed by atoms with Crippen molar-refractivity contribution in [3.05, 3.63) is 23.5 Å². The van der Waals surface area contributed by atoms with Gasteiger partial charge in [-0.25, -0.2) is 9.78 Å². The fourth-order valence-corrected chi connectivity index (χ4v) is 1.14. The number of nitrogens with one attached hydrogen (secondary N) is 2. The van der Waals surface area contributed by atoms with Crippen molar-refractivity contribution in [1.82, 2.24) is 10.3 Å². The largest absolute Gasteiger partial charge is 0.396 e. The number of anilines is 1. The number of carbonyl (C=O) groups is 1. The molecule has 0 saturated heterocycles. The number of carbonyl (C=O) groups excluding carboxylic acids is 1. The van der Waals surface area contributed by atoms with Gasteiger partial charge in [-0.3, -0.25) is 0 Å². The van der Waals surface area contributed by atoms with E-state index in [1.54, 1.807) is 18.3 Å². The molecule has 0 aliphatic carbocycles. The van der Waals surface area contributed by atoms with Crippen LogP contribution in [-0.2, 0) is 0 Å². The van der Waals surface area contributed by atoms with Gasteiger partial charge in [0.2, 0.25) is 0 Å². The second-order valence-corrected chi connectivity index (χ2v) is 3.82. The Morgan fingerprint density at radius 1 is 1.69 bits per heavy atom. The van der Waals surface area contributed by atoms with E-state index in [1.165, 1.54) is 0 Å². The predicted octanol–water partition coefficient (Wildman–Crippen LogP) is 1.48. The summed E-state index contributed by atoms with van der Waals surface area (Å²) in [5.41, 5.74) is 0.457. The Morgan fingerprint density at radius 2 is 2.44 bits per heavy atom. The number of aliphatic hydroxyl groups excluding tert-OH is 1. The van der Waals surface area contributed by atoms with Gasteiger partial charge in [0, 0.05) is 19.3 Å². The van der Waals surface area contributed by atoms with Crippen LogP contribution in [0.3, 0.4) is 0 Å². The van der Waals surface area contributed by atoms with Crippen molar-refractivity contribution >= 4 is 23.3 Å². The molecule has 16 heavy (non-hydrogen) atoms. The molecular weight excluding hydrogens is 230 g/mol. The molecule has 0 aliphatic heterocycles. The Hall–Kier alpha value is -1.33. The standard InChI is InChI=1S/C10H14ClN3O2/c1-7(6-15)5-13-10(16)14-8-3-2-4-12-9(8)11/h2-4,7,15H,5-6H2,1H3,(H2,13,14,16). The Bertz CT molecular complexity index is 360. The van der Waals surface area contributed by atoms with Crippen molar-refractivity contribution in [3.8, 4) is 0 Å². The van der Waals surface area contributed by atoms with Crippen molar-refractivity contribution in [2.24, 2.45) is 5.92 Å². The van der Waals surface area contributed by atoms with Gasteiger partial charge in [0.05, 0.1) is 5.69 Å². The molecule has 0 saturated carbocycles. The van der Waals surface area contributed by atoms with Crippen LogP contribution in [-0.4, -0.2) is 29.3 Å². The van der Waals surface area contributed by atoms with Crippen LogP contribution in [0.5, 0.6) is 0 Å². The summed E-state index contributed by atoms with van der Waals surface area (Å²) in [5, 5.41) is 14.2. The SMILES string of the molecule is CC(CO)CNC(=O)Nc1cccnc1Cl. The first-order chi connectivity index (χ1) is 7.63. The predicted molar refractivity (Wildman–Crippen MR) is 62.5 cm³/mol. The van der Waals surface area contributed by atoms with Crippen LogP contribution in [0.1, 0.15) is 6.92 Å². The molecule has 0 radical (unpaired) electrons. The summed E-state index contributed by atoms with van der Waals surface area (Å²) < 4.78 is 0. The number of hydrogen-bond donors (Lipinski definition) is 3. The molecule has 88 valence electrons. The summed E-state index contributed by atoms with van der Waals surface area (Å²) in [7, 11) is 0. The van der Waals surface area contributed by atoms with E-state index in [0.717, 1.165) is 0 Å². The first-order valence-electron chi connectivity index (χ1n) is 4.89. The third-order valence-electron chi connectivity index (χ3n) is 1.93. The monoisotopic (exact) mass is 243 g/mol. The summed E-state index contributed by atoms with van der Waals surface area (Å²) in [6.45, 7) is 2.27. The molecule has 1 aromatic heterocycles. The maximum absolute atomic E-state index is 11.4. The molecule has 1 rings (SSSR count). The third kappa shape index (κ3) is 4.04. The molecule has 0 spiro atoms. The number of halogens is 1. The molecule has 1 aromatic rings. The molecule has 0 aromatic carbocycles. The number of urea groups is 1. The third-order valence-corrected chi connectivity index (χ3v) is 2.23. The van der Waals surface area contributed by atoms with E-state index in [2.05, 4.69) is 15.6 Å². The Kier molecular flexibility index (Phi) is 5.01. The van der Waals surface area contributed by atoms with Crippen LogP contribution in [0.2, 0.25) is 5.15 Å². The van der Waals surface area contributed by atoms with Crippen molar-refractivity contribution in [1.29, 1.82) is 0 Å². The molecule has 0 fully saturated rings. The first kappa shape index (κ1) is 12.7. The average molecular weight is 244 g/mol. The van der Waals surface area contributed by atoms with E-state index >= 15 is 0 Å². The van der Waals surface area contributed by atoms with E-state index in [-0.39, 0.29) is 23.7 Å². The van der Waals surface area contributed by atoms with Gasteiger partial charge in [-0.2, -0.15) is 0 Å². The molecule has 2 amide bonds. The van der Waals surface area contributed by atoms with Crippen LogP contribution in [0.4, 0.5) is 10.5 Å². The fourth-order valence-electron chi connectivity index (χ4n) is 0.977. The zero-order chi connectivity index (χ0) is 12.0. The first-order valence-corrected chi connectivity index (χ1v) is 5.27. The van der Waals surface area contributed by atoms with Crippen LogP contribution in [0.15, 0.2) is 18.3 Å². The second-order valence-electron chi connectivity index (χ2n) is 3.46. The average Bonchev–Trinajstić information content (AvgIpc) is 2.29. The number of amides is 2. The van der Waals surface area contributed by atoms with E-state index in [0.29, 0.717) is 12.2 Å². The lowest BCUT2D eigenvalue weighted by Crippen LogP contribution is -2.33. The van der Waals surface area contributed by atoms with Crippen molar-refractivity contribution < 1.29 is 9.90 Å². The molecule has 1 atom stereocenters. The van der Waals surface area contributed by atoms with Gasteiger partial charge in [-0.15, -0.1) is 0 Å². The molecule has 0 aliphatic rings. The summed E-state index contributed by atoms with van der Waals surface area (Å²) in [6, 6.07) is 2.97. The number of rotatable bonds is 4. The minimum absolute atomic E-state index is 0.0233. The summed E-state index contributed by atoms with van der Waals surface area (Å²) in [4.78, 5) is 15.2. The molecule has 1 unspecified atom stereocenters. The number of aliphatic hydroxyl groups is 1. The normalized spacial score (nSPS) is 11.9. The Balaban J connectivity index is 2.43. The second kappa shape index (κ2) is 6.30. The van der Waals surface area contributed by atoms with Gasteiger partial charge >= 0.3 is 6.03 Å². The summed E-state index contributed by atoms with van der Waals surface area (Å²) >= 11 is 5.76. The van der Waals surface area contributed by atoms with Gasteiger partial charge in [0.1, 0.15) is 0 Å². The van der Waals surface area contributed by atoms with Gasteiger partial charge in [0.15, 0.2) is 5.15 Å².